The number of hydrogen-bond donors (Lipinski definition) is 1. The second-order valence-electron chi connectivity index (χ2n) is 3.49. The van der Waals surface area contributed by atoms with Gasteiger partial charge < -0.3 is 5.32 Å². The van der Waals surface area contributed by atoms with E-state index in [1.165, 1.54) is 0 Å². The molecule has 1 aromatic rings. The van der Waals surface area contributed by atoms with Gasteiger partial charge in [-0.15, -0.1) is 5.10 Å². The number of rotatable bonds is 5. The van der Waals surface area contributed by atoms with Gasteiger partial charge in [0.2, 0.25) is 0 Å². The molecule has 1 N–H and O–H groups in total. The molecule has 1 heterocycles. The van der Waals surface area contributed by atoms with Gasteiger partial charge in [-0.1, -0.05) is 12.1 Å². The SMILES string of the molecule is CNCC(C)C(=O)Cc1cn(C)nn1. The van der Waals surface area contributed by atoms with Crippen molar-refractivity contribution >= 4 is 5.78 Å². The summed E-state index contributed by atoms with van der Waals surface area (Å²) in [5, 5.41) is 10.6. The van der Waals surface area contributed by atoms with Gasteiger partial charge in [-0.2, -0.15) is 0 Å². The number of carbonyl (C=O) groups is 1. The Morgan fingerprint density at radius 2 is 2.43 bits per heavy atom. The fraction of sp³-hybridized carbons (Fsp3) is 0.667. The topological polar surface area (TPSA) is 59.8 Å². The van der Waals surface area contributed by atoms with Crippen LogP contribution < -0.4 is 5.32 Å². The number of nitrogens with zero attached hydrogens (tertiary/aromatic N) is 3. The van der Waals surface area contributed by atoms with Gasteiger partial charge in [0.1, 0.15) is 5.78 Å². The minimum atomic E-state index is 0.0296. The molecule has 1 atom stereocenters. The highest BCUT2D eigenvalue weighted by Crippen LogP contribution is 2.01. The molecule has 0 amide bonds. The standard InChI is InChI=1S/C9H16N4O/c1-7(5-10-2)9(14)4-8-6-13(3)12-11-8/h6-7,10H,4-5H2,1-3H3. The number of aryl methyl sites for hydroxylation is 1. The van der Waals surface area contributed by atoms with Crippen LogP contribution in [0.5, 0.6) is 0 Å². The molecule has 0 spiro atoms. The van der Waals surface area contributed by atoms with Crippen LogP contribution in [0.1, 0.15) is 12.6 Å². The highest BCUT2D eigenvalue weighted by atomic mass is 16.1. The maximum atomic E-state index is 11.6. The summed E-state index contributed by atoms with van der Waals surface area (Å²) in [6, 6.07) is 0. The van der Waals surface area contributed by atoms with Crippen LogP contribution in [0, 0.1) is 5.92 Å². The van der Waals surface area contributed by atoms with Crippen LogP contribution in [0.15, 0.2) is 6.20 Å². The molecule has 1 aromatic heterocycles. The molecule has 0 fully saturated rings. The molecule has 0 aliphatic carbocycles. The van der Waals surface area contributed by atoms with Crippen LogP contribution in [-0.2, 0) is 18.3 Å². The molecule has 0 bridgehead atoms. The fourth-order valence-electron chi connectivity index (χ4n) is 1.25. The van der Waals surface area contributed by atoms with E-state index >= 15 is 0 Å². The lowest BCUT2D eigenvalue weighted by molar-refractivity contribution is -0.121. The second-order valence-corrected chi connectivity index (χ2v) is 3.49. The number of ketones is 1. The molecule has 1 unspecified atom stereocenters. The first kappa shape index (κ1) is 10.8. The Balaban J connectivity index is 2.48. The first-order valence-corrected chi connectivity index (χ1v) is 4.66. The molecule has 5 nitrogen and oxygen atoms in total. The van der Waals surface area contributed by atoms with Gasteiger partial charge in [0.25, 0.3) is 0 Å². The lowest BCUT2D eigenvalue weighted by atomic mass is 10.0. The minimum absolute atomic E-state index is 0.0296. The zero-order valence-corrected chi connectivity index (χ0v) is 8.82. The van der Waals surface area contributed by atoms with Crippen LogP contribution in [0.3, 0.4) is 0 Å². The Labute approximate surface area is 83.5 Å². The zero-order chi connectivity index (χ0) is 10.6. The summed E-state index contributed by atoms with van der Waals surface area (Å²) in [6.45, 7) is 2.62. The van der Waals surface area contributed by atoms with Crippen molar-refractivity contribution < 1.29 is 4.79 Å². The van der Waals surface area contributed by atoms with Crippen molar-refractivity contribution in [1.82, 2.24) is 20.3 Å². The average molecular weight is 196 g/mol. The van der Waals surface area contributed by atoms with Gasteiger partial charge in [-0.05, 0) is 7.05 Å². The number of carbonyl (C=O) groups excluding carboxylic acids is 1. The lowest BCUT2D eigenvalue weighted by Gasteiger charge is -2.07. The summed E-state index contributed by atoms with van der Waals surface area (Å²) >= 11 is 0. The largest absolute Gasteiger partial charge is 0.319 e. The molecule has 1 rings (SSSR count). The van der Waals surface area contributed by atoms with Crippen molar-refractivity contribution in [1.29, 1.82) is 0 Å². The van der Waals surface area contributed by atoms with Crippen LogP contribution >= 0.6 is 0 Å². The lowest BCUT2D eigenvalue weighted by Crippen LogP contribution is -2.24. The summed E-state index contributed by atoms with van der Waals surface area (Å²) in [4.78, 5) is 11.6. The second kappa shape index (κ2) is 4.85. The molecule has 14 heavy (non-hydrogen) atoms. The Morgan fingerprint density at radius 1 is 1.71 bits per heavy atom. The highest BCUT2D eigenvalue weighted by molar-refractivity contribution is 5.82. The first-order chi connectivity index (χ1) is 6.63. The third-order valence-electron chi connectivity index (χ3n) is 2.07. The monoisotopic (exact) mass is 196 g/mol. The van der Waals surface area contributed by atoms with Gasteiger partial charge in [0, 0.05) is 25.7 Å². The van der Waals surface area contributed by atoms with Gasteiger partial charge >= 0.3 is 0 Å². The van der Waals surface area contributed by atoms with Gasteiger partial charge in [0.05, 0.1) is 12.1 Å². The Morgan fingerprint density at radius 3 is 2.93 bits per heavy atom. The Hall–Kier alpha value is -1.23. The highest BCUT2D eigenvalue weighted by Gasteiger charge is 2.13. The average Bonchev–Trinajstić information content (AvgIpc) is 2.51. The van der Waals surface area contributed by atoms with Crippen LogP contribution in [-0.4, -0.2) is 34.4 Å². The number of aromatic nitrogens is 3. The van der Waals surface area contributed by atoms with Gasteiger partial charge in [0.15, 0.2) is 0 Å². The molecule has 0 aliphatic rings. The van der Waals surface area contributed by atoms with E-state index in [1.54, 1.807) is 17.9 Å². The van der Waals surface area contributed by atoms with E-state index in [0.717, 1.165) is 5.69 Å². The van der Waals surface area contributed by atoms with Gasteiger partial charge in [-0.25, -0.2) is 0 Å². The zero-order valence-electron chi connectivity index (χ0n) is 8.82. The normalized spacial score (nSPS) is 12.8. The molecule has 78 valence electrons. The molecule has 0 aliphatic heterocycles. The molecule has 0 saturated carbocycles. The fourth-order valence-corrected chi connectivity index (χ4v) is 1.25. The summed E-state index contributed by atoms with van der Waals surface area (Å²) in [5.41, 5.74) is 0.737. The summed E-state index contributed by atoms with van der Waals surface area (Å²) in [5.74, 6) is 0.224. The van der Waals surface area contributed by atoms with Crippen molar-refractivity contribution in [3.63, 3.8) is 0 Å². The summed E-state index contributed by atoms with van der Waals surface area (Å²) in [6.07, 6.45) is 2.14. The van der Waals surface area contributed by atoms with Crippen molar-refractivity contribution in [2.75, 3.05) is 13.6 Å². The van der Waals surface area contributed by atoms with E-state index < -0.39 is 0 Å². The van der Waals surface area contributed by atoms with E-state index in [4.69, 9.17) is 0 Å². The smallest absolute Gasteiger partial charge is 0.143 e. The van der Waals surface area contributed by atoms with E-state index in [0.29, 0.717) is 13.0 Å². The summed E-state index contributed by atoms with van der Waals surface area (Å²) in [7, 11) is 3.63. The molecule has 5 heteroatoms. The molecule has 0 radical (unpaired) electrons. The Bertz CT molecular complexity index is 308. The molecular weight excluding hydrogens is 180 g/mol. The van der Waals surface area contributed by atoms with E-state index in [1.807, 2.05) is 14.0 Å². The quantitative estimate of drug-likeness (QED) is 0.707. The molecule has 0 saturated heterocycles. The molecular formula is C9H16N4O. The molecule has 0 aromatic carbocycles. The van der Waals surface area contributed by atoms with Crippen molar-refractivity contribution in [3.8, 4) is 0 Å². The van der Waals surface area contributed by atoms with Crippen molar-refractivity contribution in [2.24, 2.45) is 13.0 Å². The Kier molecular flexibility index (Phi) is 3.76. The number of hydrogen-bond acceptors (Lipinski definition) is 4. The van der Waals surface area contributed by atoms with Gasteiger partial charge in [-0.3, -0.25) is 9.48 Å². The van der Waals surface area contributed by atoms with Crippen LogP contribution in [0.4, 0.5) is 0 Å². The maximum Gasteiger partial charge on any atom is 0.143 e. The van der Waals surface area contributed by atoms with Crippen LogP contribution in [0.2, 0.25) is 0 Å². The van der Waals surface area contributed by atoms with E-state index in [2.05, 4.69) is 15.6 Å². The predicted octanol–water partition coefficient (Wildman–Crippen LogP) is -0.218. The number of nitrogens with one attached hydrogen (secondary N) is 1. The predicted molar refractivity (Wildman–Crippen MR) is 52.8 cm³/mol. The van der Waals surface area contributed by atoms with E-state index in [-0.39, 0.29) is 11.7 Å². The van der Waals surface area contributed by atoms with Crippen molar-refractivity contribution in [3.05, 3.63) is 11.9 Å². The third-order valence-corrected chi connectivity index (χ3v) is 2.07. The van der Waals surface area contributed by atoms with E-state index in [9.17, 15) is 4.79 Å². The minimum Gasteiger partial charge on any atom is -0.319 e. The van der Waals surface area contributed by atoms with Crippen LogP contribution in [0.25, 0.3) is 0 Å². The maximum absolute atomic E-state index is 11.6. The third kappa shape index (κ3) is 2.92. The van der Waals surface area contributed by atoms with Crippen molar-refractivity contribution in [2.45, 2.75) is 13.3 Å². The summed E-state index contributed by atoms with van der Waals surface area (Å²) < 4.78 is 1.60. The first-order valence-electron chi connectivity index (χ1n) is 4.66. The number of Topliss-reactive ketones (excluding diaryl/α,β-unsaturated/α-hetero) is 1.